The molecular formula is C23H21Cl3F2N4O3. The van der Waals surface area contributed by atoms with E-state index < -0.39 is 29.1 Å². The molecule has 0 fully saturated rings. The maximum absolute atomic E-state index is 15.2. The number of nitrogen functional groups attached to an aromatic ring is 3. The Morgan fingerprint density at radius 1 is 0.486 bits per heavy atom. The molecule has 0 aliphatic heterocycles. The molecule has 0 spiro atoms. The van der Waals surface area contributed by atoms with Crippen LogP contribution in [-0.2, 0) is 0 Å². The van der Waals surface area contributed by atoms with Gasteiger partial charge in [0.05, 0.1) is 0 Å². The van der Waals surface area contributed by atoms with Gasteiger partial charge in [-0.1, -0.05) is 0 Å². The molecule has 3 aromatic carbocycles. The van der Waals surface area contributed by atoms with Crippen LogP contribution in [0.15, 0.2) is 72.8 Å². The quantitative estimate of drug-likeness (QED) is 0.229. The second kappa shape index (κ2) is 12.7. The van der Waals surface area contributed by atoms with Crippen molar-refractivity contribution in [3.05, 3.63) is 84.4 Å². The van der Waals surface area contributed by atoms with Gasteiger partial charge in [0.2, 0.25) is 17.4 Å². The van der Waals surface area contributed by atoms with Gasteiger partial charge in [-0.3, -0.25) is 0 Å². The highest BCUT2D eigenvalue weighted by Crippen LogP contribution is 2.39. The van der Waals surface area contributed by atoms with Crippen LogP contribution in [-0.4, -0.2) is 4.98 Å². The average molecular weight is 546 g/mol. The first-order valence-corrected chi connectivity index (χ1v) is 9.38. The standard InChI is InChI=1S/C23H18F2N4O3.3ClH/c24-19-21(30-16-7-1-13(26)2-8-16)20(25)23(32-18-11-5-15(28)6-12-18)29-22(19)31-17-9-3-14(27)4-10-17;;;/h1-12H,26-28H2;3*1H. The van der Waals surface area contributed by atoms with Gasteiger partial charge in [0.1, 0.15) is 17.2 Å². The molecule has 12 heteroatoms. The lowest BCUT2D eigenvalue weighted by Gasteiger charge is -2.15. The Morgan fingerprint density at radius 2 is 0.771 bits per heavy atom. The molecule has 0 aliphatic carbocycles. The lowest BCUT2D eigenvalue weighted by molar-refractivity contribution is 0.338. The number of rotatable bonds is 6. The summed E-state index contributed by atoms with van der Waals surface area (Å²) in [5, 5.41) is 0. The fraction of sp³-hybridized carbons (Fsp3) is 0. The summed E-state index contributed by atoms with van der Waals surface area (Å²) in [6, 6.07) is 18.3. The minimum atomic E-state index is -1.15. The van der Waals surface area contributed by atoms with Gasteiger partial charge in [-0.2, -0.15) is 13.8 Å². The molecule has 4 rings (SSSR count). The monoisotopic (exact) mass is 544 g/mol. The molecule has 0 amide bonds. The number of pyridine rings is 1. The summed E-state index contributed by atoms with van der Waals surface area (Å²) >= 11 is 0. The topological polar surface area (TPSA) is 119 Å². The van der Waals surface area contributed by atoms with E-state index in [9.17, 15) is 0 Å². The predicted molar refractivity (Wildman–Crippen MR) is 139 cm³/mol. The Balaban J connectivity index is 0.00000204. The van der Waals surface area contributed by atoms with Gasteiger partial charge in [0, 0.05) is 17.1 Å². The number of ether oxygens (including phenoxy) is 3. The summed E-state index contributed by atoms with van der Waals surface area (Å²) in [5.41, 5.74) is 18.4. The zero-order valence-corrected chi connectivity index (χ0v) is 20.3. The van der Waals surface area contributed by atoms with Crippen molar-refractivity contribution < 1.29 is 23.0 Å². The number of benzene rings is 3. The van der Waals surface area contributed by atoms with Gasteiger partial charge in [-0.25, -0.2) is 0 Å². The van der Waals surface area contributed by atoms with Crippen molar-refractivity contribution in [3.63, 3.8) is 0 Å². The van der Waals surface area contributed by atoms with Crippen molar-refractivity contribution in [2.75, 3.05) is 17.2 Å². The van der Waals surface area contributed by atoms with Gasteiger partial charge in [-0.05, 0) is 72.8 Å². The fourth-order valence-electron chi connectivity index (χ4n) is 2.65. The molecule has 0 atom stereocenters. The summed E-state index contributed by atoms with van der Waals surface area (Å²) in [7, 11) is 0. The molecule has 0 saturated heterocycles. The van der Waals surface area contributed by atoms with E-state index in [1.54, 1.807) is 24.3 Å². The van der Waals surface area contributed by atoms with Gasteiger partial charge in [-0.15, -0.1) is 37.2 Å². The van der Waals surface area contributed by atoms with E-state index in [-0.39, 0.29) is 54.5 Å². The molecule has 0 saturated carbocycles. The second-order valence-corrected chi connectivity index (χ2v) is 6.69. The maximum atomic E-state index is 15.2. The van der Waals surface area contributed by atoms with Crippen LogP contribution in [0.5, 0.6) is 34.8 Å². The molecule has 0 radical (unpaired) electrons. The molecule has 7 nitrogen and oxygen atoms in total. The second-order valence-electron chi connectivity index (χ2n) is 6.69. The number of halogens is 5. The first-order chi connectivity index (χ1) is 15.4. The van der Waals surface area contributed by atoms with E-state index in [2.05, 4.69) is 4.98 Å². The van der Waals surface area contributed by atoms with Crippen molar-refractivity contribution >= 4 is 54.3 Å². The molecule has 186 valence electrons. The van der Waals surface area contributed by atoms with E-state index >= 15 is 8.78 Å². The van der Waals surface area contributed by atoms with Crippen LogP contribution in [0.3, 0.4) is 0 Å². The summed E-state index contributed by atoms with van der Waals surface area (Å²) in [4.78, 5) is 3.87. The third-order valence-electron chi connectivity index (χ3n) is 4.27. The Bertz CT molecular complexity index is 1180. The molecule has 0 bridgehead atoms. The summed E-state index contributed by atoms with van der Waals surface area (Å²) < 4.78 is 46.8. The number of hydrogen-bond acceptors (Lipinski definition) is 7. The van der Waals surface area contributed by atoms with Crippen molar-refractivity contribution in [1.82, 2.24) is 4.98 Å². The lowest BCUT2D eigenvalue weighted by atomic mass is 10.3. The normalized spacial score (nSPS) is 9.66. The highest BCUT2D eigenvalue weighted by Gasteiger charge is 2.26. The third kappa shape index (κ3) is 7.16. The first kappa shape index (κ1) is 29.4. The number of nitrogens with two attached hydrogens (primary N) is 3. The molecular weight excluding hydrogens is 525 g/mol. The van der Waals surface area contributed by atoms with Crippen LogP contribution in [0.2, 0.25) is 0 Å². The number of nitrogens with zero attached hydrogens (tertiary/aromatic N) is 1. The highest BCUT2D eigenvalue weighted by molar-refractivity contribution is 5.86. The highest BCUT2D eigenvalue weighted by atomic mass is 35.5. The van der Waals surface area contributed by atoms with Gasteiger partial charge in [0.15, 0.2) is 0 Å². The number of aromatic nitrogens is 1. The number of hydrogen-bond donors (Lipinski definition) is 3. The van der Waals surface area contributed by atoms with Gasteiger partial charge < -0.3 is 31.4 Å². The summed E-state index contributed by atoms with van der Waals surface area (Å²) in [6.45, 7) is 0. The largest absolute Gasteiger partial charge is 0.451 e. The van der Waals surface area contributed by atoms with Crippen LogP contribution in [0.25, 0.3) is 0 Å². The minimum absolute atomic E-state index is 0. The SMILES string of the molecule is Cl.Cl.Cl.Nc1ccc(Oc2nc(Oc3ccc(N)cc3)c(F)c(Oc3ccc(N)cc3)c2F)cc1. The molecule has 6 N–H and O–H groups in total. The molecule has 0 aliphatic rings. The Kier molecular flexibility index (Phi) is 10.7. The third-order valence-corrected chi connectivity index (χ3v) is 4.27. The maximum Gasteiger partial charge on any atom is 0.263 e. The minimum Gasteiger partial charge on any atom is -0.451 e. The van der Waals surface area contributed by atoms with Crippen molar-refractivity contribution in [2.45, 2.75) is 0 Å². The zero-order valence-electron chi connectivity index (χ0n) is 17.8. The summed E-state index contributed by atoms with van der Waals surface area (Å²) in [6.07, 6.45) is 0. The smallest absolute Gasteiger partial charge is 0.263 e. The molecule has 1 heterocycles. The van der Waals surface area contributed by atoms with Crippen LogP contribution < -0.4 is 31.4 Å². The van der Waals surface area contributed by atoms with Crippen LogP contribution in [0, 0.1) is 11.6 Å². The van der Waals surface area contributed by atoms with Crippen LogP contribution in [0.4, 0.5) is 25.8 Å². The predicted octanol–water partition coefficient (Wildman–Crippen LogP) is 6.75. The molecule has 4 aromatic rings. The van der Waals surface area contributed by atoms with E-state index in [0.29, 0.717) is 17.1 Å². The van der Waals surface area contributed by atoms with E-state index in [1.807, 2.05) is 0 Å². The van der Waals surface area contributed by atoms with Crippen molar-refractivity contribution in [3.8, 4) is 34.8 Å². The molecule has 1 aromatic heterocycles. The van der Waals surface area contributed by atoms with E-state index in [0.717, 1.165) is 0 Å². The van der Waals surface area contributed by atoms with Crippen LogP contribution in [0.1, 0.15) is 0 Å². The molecule has 35 heavy (non-hydrogen) atoms. The lowest BCUT2D eigenvalue weighted by Crippen LogP contribution is -2.03. The Labute approximate surface area is 218 Å². The van der Waals surface area contributed by atoms with Gasteiger partial charge in [0.25, 0.3) is 11.8 Å². The van der Waals surface area contributed by atoms with Crippen molar-refractivity contribution in [2.24, 2.45) is 0 Å². The Hall–Kier alpha value is -3.66. The zero-order chi connectivity index (χ0) is 22.7. The summed E-state index contributed by atoms with van der Waals surface area (Å²) in [5.74, 6) is -3.54. The van der Waals surface area contributed by atoms with E-state index in [1.165, 1.54) is 48.5 Å². The fourth-order valence-corrected chi connectivity index (χ4v) is 2.65. The van der Waals surface area contributed by atoms with Crippen molar-refractivity contribution in [1.29, 1.82) is 0 Å². The van der Waals surface area contributed by atoms with E-state index in [4.69, 9.17) is 31.4 Å². The van der Waals surface area contributed by atoms with Crippen LogP contribution >= 0.6 is 37.2 Å². The van der Waals surface area contributed by atoms with Gasteiger partial charge >= 0.3 is 0 Å². The molecule has 0 unspecified atom stereocenters. The number of anilines is 3. The average Bonchev–Trinajstić information content (AvgIpc) is 2.79. The first-order valence-electron chi connectivity index (χ1n) is 9.38. The Morgan fingerprint density at radius 3 is 1.09 bits per heavy atom.